The van der Waals surface area contributed by atoms with E-state index in [2.05, 4.69) is 76.2 Å². The second-order valence-corrected chi connectivity index (χ2v) is 26.7. The first kappa shape index (κ1) is 81.6. The van der Waals surface area contributed by atoms with Crippen molar-refractivity contribution in [1.82, 2.24) is 0 Å². The molecule has 0 fully saturated rings. The lowest BCUT2D eigenvalue weighted by Crippen LogP contribution is -2.20. The zero-order valence-corrected chi connectivity index (χ0v) is 60.8. The van der Waals surface area contributed by atoms with Crippen LogP contribution in [0.15, 0.2) is 48.5 Å². The first-order valence-corrected chi connectivity index (χ1v) is 38.6. The van der Waals surface area contributed by atoms with Gasteiger partial charge in [-0.3, -0.25) is 0 Å². The molecule has 0 spiro atoms. The van der Waals surface area contributed by atoms with E-state index in [1.165, 1.54) is 103 Å². The summed E-state index contributed by atoms with van der Waals surface area (Å²) in [6.07, 6.45) is 35.3. The van der Waals surface area contributed by atoms with Crippen LogP contribution in [0.25, 0.3) is 0 Å². The molecular formula is C80H136N8O8. The molecule has 544 valence electrons. The standard InChI is InChI=1S/C80H136N8O8/c1-5-9-13-17-21-25-29-33-61-65-53-67(75(91-47-39-83)57-73(65)89-45-37-81)62(34-30-26-22-18-14-10-6-2)69-55-71(79(95-51-43-87)59-77(69)93-49-41-85)64(36-32-28-24-20-16-12-8-4)72-56-70(78(94-50-42-86)60-80(72)96-52-44-88)63(35-31-27-23-19-15-11-7-3)68-54-66(61)74(90-46-38-82)58-76(68)92-48-40-84/h53-64H,5-52,81-88H2,1-4H3. The maximum atomic E-state index is 7.00. The van der Waals surface area contributed by atoms with Crippen molar-refractivity contribution >= 4 is 0 Å². The predicted octanol–water partition coefficient (Wildman–Crippen LogP) is 15.8. The van der Waals surface area contributed by atoms with Crippen LogP contribution in [0.5, 0.6) is 46.0 Å². The minimum Gasteiger partial charge on any atom is -0.492 e. The lowest BCUT2D eigenvalue weighted by molar-refractivity contribution is 0.298. The number of rotatable bonds is 56. The number of unbranched alkanes of at least 4 members (excludes halogenated alkanes) is 24. The molecule has 0 heterocycles. The molecule has 8 bridgehead atoms. The first-order valence-electron chi connectivity index (χ1n) is 38.6. The topological polar surface area (TPSA) is 282 Å². The summed E-state index contributed by atoms with van der Waals surface area (Å²) in [4.78, 5) is 0. The molecule has 0 saturated carbocycles. The molecule has 5 rings (SSSR count). The van der Waals surface area contributed by atoms with Gasteiger partial charge in [-0.15, -0.1) is 0 Å². The molecule has 1 aliphatic rings. The fourth-order valence-corrected chi connectivity index (χ4v) is 14.0. The van der Waals surface area contributed by atoms with Crippen LogP contribution in [0.1, 0.15) is 301 Å². The third-order valence-corrected chi connectivity index (χ3v) is 19.0. The van der Waals surface area contributed by atoms with Crippen molar-refractivity contribution in [2.45, 2.75) is 257 Å². The molecule has 16 heteroatoms. The highest BCUT2D eigenvalue weighted by Crippen LogP contribution is 2.54. The van der Waals surface area contributed by atoms with Crippen molar-refractivity contribution in [3.05, 3.63) is 93.0 Å². The van der Waals surface area contributed by atoms with Gasteiger partial charge in [0.2, 0.25) is 0 Å². The second kappa shape index (κ2) is 50.3. The van der Waals surface area contributed by atoms with Crippen LogP contribution < -0.4 is 83.8 Å². The largest absolute Gasteiger partial charge is 0.492 e. The van der Waals surface area contributed by atoms with Gasteiger partial charge in [-0.2, -0.15) is 0 Å². The van der Waals surface area contributed by atoms with E-state index in [-0.39, 0.29) is 23.7 Å². The molecule has 0 aliphatic heterocycles. The SMILES string of the molecule is CCCCCCCCCC1c2cc(c(OCCN)cc2OCCN)C(CCCCCCCCC)c2cc(c(OCCN)cc2OCCN)C(CCCCCCCCC)c2cc(c(OCCN)cc2OCCN)C(CCCCCCCCC)c2cc1c(OCCN)cc2OCCN. The Kier molecular flexibility index (Phi) is 42.8. The van der Waals surface area contributed by atoms with E-state index >= 15 is 0 Å². The molecule has 0 radical (unpaired) electrons. The normalized spacial score (nSPS) is 15.2. The summed E-state index contributed by atoms with van der Waals surface area (Å²) >= 11 is 0. The van der Waals surface area contributed by atoms with Crippen LogP contribution in [0.4, 0.5) is 0 Å². The molecule has 4 aromatic carbocycles. The van der Waals surface area contributed by atoms with Crippen molar-refractivity contribution in [1.29, 1.82) is 0 Å². The molecule has 0 atom stereocenters. The zero-order chi connectivity index (χ0) is 68.8. The summed E-state index contributed by atoms with van der Waals surface area (Å²) in [7, 11) is 0. The van der Waals surface area contributed by atoms with Crippen molar-refractivity contribution in [3.63, 3.8) is 0 Å². The van der Waals surface area contributed by atoms with Crippen molar-refractivity contribution < 1.29 is 37.9 Å². The van der Waals surface area contributed by atoms with Gasteiger partial charge in [-0.25, -0.2) is 0 Å². The molecule has 0 unspecified atom stereocenters. The highest BCUT2D eigenvalue weighted by Gasteiger charge is 2.36. The summed E-state index contributed by atoms with van der Waals surface area (Å²) in [5.41, 5.74) is 59.7. The summed E-state index contributed by atoms with van der Waals surface area (Å²) in [6, 6.07) is 18.2. The number of ether oxygens (including phenoxy) is 8. The predicted molar refractivity (Wildman–Crippen MR) is 400 cm³/mol. The molecule has 0 saturated heterocycles. The lowest BCUT2D eigenvalue weighted by atomic mass is 9.76. The fraction of sp³-hybridized carbons (Fsp3) is 0.700. The third kappa shape index (κ3) is 27.2. The van der Waals surface area contributed by atoms with E-state index in [0.717, 1.165) is 147 Å². The van der Waals surface area contributed by atoms with Gasteiger partial charge in [0.25, 0.3) is 0 Å². The van der Waals surface area contributed by atoms with Crippen LogP contribution in [0.2, 0.25) is 0 Å². The smallest absolute Gasteiger partial charge is 0.126 e. The lowest BCUT2D eigenvalue weighted by Gasteiger charge is -2.32. The van der Waals surface area contributed by atoms with Gasteiger partial charge in [-0.05, 0) is 49.9 Å². The number of nitrogens with two attached hydrogens (primary N) is 8. The first-order chi connectivity index (χ1) is 47.2. The zero-order valence-electron chi connectivity index (χ0n) is 60.8. The van der Waals surface area contributed by atoms with Crippen LogP contribution in [-0.2, 0) is 0 Å². The van der Waals surface area contributed by atoms with E-state index in [4.69, 9.17) is 83.8 Å². The summed E-state index contributed by atoms with van der Waals surface area (Å²) < 4.78 is 56.0. The maximum absolute atomic E-state index is 7.00. The highest BCUT2D eigenvalue weighted by molar-refractivity contribution is 5.63. The van der Waals surface area contributed by atoms with E-state index in [1.54, 1.807) is 0 Å². The second-order valence-electron chi connectivity index (χ2n) is 26.7. The van der Waals surface area contributed by atoms with Gasteiger partial charge < -0.3 is 83.8 Å². The van der Waals surface area contributed by atoms with Gasteiger partial charge in [0.15, 0.2) is 0 Å². The van der Waals surface area contributed by atoms with Gasteiger partial charge in [-0.1, -0.05) is 207 Å². The van der Waals surface area contributed by atoms with Crippen LogP contribution >= 0.6 is 0 Å². The third-order valence-electron chi connectivity index (χ3n) is 19.0. The number of hydrogen-bond donors (Lipinski definition) is 8. The Bertz CT molecular complexity index is 2200. The molecule has 1 aliphatic carbocycles. The molecule has 4 aromatic rings. The number of benzene rings is 4. The van der Waals surface area contributed by atoms with Crippen LogP contribution in [0.3, 0.4) is 0 Å². The summed E-state index contributed by atoms with van der Waals surface area (Å²) in [6.45, 7) is 14.1. The Hall–Kier alpha value is -5.04. The summed E-state index contributed by atoms with van der Waals surface area (Å²) in [5, 5.41) is 0. The number of fused-ring (bicyclic) bond motifs is 8. The quantitative estimate of drug-likeness (QED) is 0.0191. The molecule has 0 aromatic heterocycles. The Balaban J connectivity index is 2.14. The summed E-state index contributed by atoms with van der Waals surface area (Å²) in [5.74, 6) is 4.68. The maximum Gasteiger partial charge on any atom is 0.126 e. The number of hydrogen-bond acceptors (Lipinski definition) is 16. The molecule has 16 N–H and O–H groups in total. The van der Waals surface area contributed by atoms with Gasteiger partial charge in [0.05, 0.1) is 0 Å². The van der Waals surface area contributed by atoms with Gasteiger partial charge in [0.1, 0.15) is 98.9 Å². The Morgan fingerprint density at radius 3 is 0.469 bits per heavy atom. The van der Waals surface area contributed by atoms with Crippen LogP contribution in [-0.4, -0.2) is 105 Å². The Morgan fingerprint density at radius 2 is 0.333 bits per heavy atom. The Morgan fingerprint density at radius 1 is 0.198 bits per heavy atom. The van der Waals surface area contributed by atoms with E-state index in [1.807, 2.05) is 0 Å². The van der Waals surface area contributed by atoms with Crippen molar-refractivity contribution in [2.75, 3.05) is 105 Å². The van der Waals surface area contributed by atoms with E-state index in [9.17, 15) is 0 Å². The van der Waals surface area contributed by atoms with Crippen molar-refractivity contribution in [3.8, 4) is 46.0 Å². The van der Waals surface area contributed by atoms with Gasteiger partial charge >= 0.3 is 0 Å². The molecule has 16 nitrogen and oxygen atoms in total. The van der Waals surface area contributed by atoms with Crippen LogP contribution in [0, 0.1) is 0 Å². The monoisotopic (exact) mass is 1340 g/mol. The minimum absolute atomic E-state index is 0.255. The average molecular weight is 1340 g/mol. The van der Waals surface area contributed by atoms with E-state index in [0.29, 0.717) is 151 Å². The van der Waals surface area contributed by atoms with Crippen molar-refractivity contribution in [2.24, 2.45) is 45.9 Å². The van der Waals surface area contributed by atoms with E-state index < -0.39 is 0 Å². The fourth-order valence-electron chi connectivity index (χ4n) is 14.0. The average Bonchev–Trinajstić information content (AvgIpc) is 0.755. The highest BCUT2D eigenvalue weighted by atomic mass is 16.5. The molecule has 96 heavy (non-hydrogen) atoms. The minimum atomic E-state index is -0.255. The molecular weight excluding hydrogens is 1200 g/mol. The van der Waals surface area contributed by atoms with Gasteiger partial charge in [0, 0.05) is 145 Å². The Labute approximate surface area is 582 Å². The molecule has 0 amide bonds.